The Labute approximate surface area is 56.3 Å². The van der Waals surface area contributed by atoms with Gasteiger partial charge in [0.15, 0.2) is 0 Å². The Hall–Kier alpha value is 0.250. The van der Waals surface area contributed by atoms with Gasteiger partial charge in [-0.05, 0) is 0 Å². The van der Waals surface area contributed by atoms with Crippen molar-refractivity contribution in [3.8, 4) is 0 Å². The number of carbonyl (C=O) groups excluding carboxylic acids is 1. The Morgan fingerprint density at radius 2 is 1.43 bits per heavy atom. The maximum atomic E-state index is 9.50. The highest BCUT2D eigenvalue weighted by atomic mass is 35.5. The highest BCUT2D eigenvalue weighted by molar-refractivity contribution is 5.85. The summed E-state index contributed by atoms with van der Waals surface area (Å²) in [6, 6.07) is 0. The number of rotatable bonds is 1. The second-order valence-corrected chi connectivity index (χ2v) is 1.38. The summed E-state index contributed by atoms with van der Waals surface area (Å²) in [6.45, 7) is 3.71. The van der Waals surface area contributed by atoms with Gasteiger partial charge in [-0.1, -0.05) is 13.8 Å². The van der Waals surface area contributed by atoms with Crippen molar-refractivity contribution in [3.05, 3.63) is 0 Å². The van der Waals surface area contributed by atoms with Gasteiger partial charge in [0.25, 0.3) is 0 Å². The van der Waals surface area contributed by atoms with Gasteiger partial charge in [-0.25, -0.2) is 0 Å². The molecule has 0 unspecified atom stereocenters. The molecule has 46 valence electrons. The van der Waals surface area contributed by atoms with Crippen LogP contribution in [0.15, 0.2) is 0 Å². The van der Waals surface area contributed by atoms with Gasteiger partial charge >= 0.3 is 0 Å². The standard InChI is InChI=1S/C4H8O.2ClH/c1-4(2)3-5;;/h3-4H,1-2H3;2*1H. The molecule has 0 spiro atoms. The number of halogens is 2. The summed E-state index contributed by atoms with van der Waals surface area (Å²) in [6.07, 6.45) is 0.917. The van der Waals surface area contributed by atoms with E-state index < -0.39 is 0 Å². The van der Waals surface area contributed by atoms with Gasteiger partial charge in [0, 0.05) is 5.92 Å². The van der Waals surface area contributed by atoms with Crippen molar-refractivity contribution in [1.29, 1.82) is 0 Å². The molecule has 3 heteroatoms. The van der Waals surface area contributed by atoms with Crippen molar-refractivity contribution in [2.24, 2.45) is 5.92 Å². The van der Waals surface area contributed by atoms with Crippen LogP contribution in [0.3, 0.4) is 0 Å². The minimum atomic E-state index is 0. The minimum Gasteiger partial charge on any atom is -0.303 e. The van der Waals surface area contributed by atoms with E-state index in [2.05, 4.69) is 0 Å². The quantitative estimate of drug-likeness (QED) is 0.513. The molecule has 0 aliphatic rings. The number of aldehydes is 1. The van der Waals surface area contributed by atoms with Crippen molar-refractivity contribution < 1.29 is 4.79 Å². The van der Waals surface area contributed by atoms with Gasteiger partial charge in [0.05, 0.1) is 0 Å². The lowest BCUT2D eigenvalue weighted by atomic mass is 10.3. The molecule has 1 nitrogen and oxygen atoms in total. The van der Waals surface area contributed by atoms with Crippen LogP contribution in [-0.4, -0.2) is 6.29 Å². The summed E-state index contributed by atoms with van der Waals surface area (Å²) >= 11 is 0. The first-order chi connectivity index (χ1) is 2.27. The number of carbonyl (C=O) groups is 1. The summed E-state index contributed by atoms with van der Waals surface area (Å²) in [5, 5.41) is 0. The molecule has 0 aromatic rings. The summed E-state index contributed by atoms with van der Waals surface area (Å²) < 4.78 is 0. The maximum absolute atomic E-state index is 9.50. The Kier molecular flexibility index (Phi) is 21.4. The smallest absolute Gasteiger partial charge is 0.122 e. The first-order valence-electron chi connectivity index (χ1n) is 1.72. The third-order valence-electron chi connectivity index (χ3n) is 0.272. The normalized spacial score (nSPS) is 6.14. The van der Waals surface area contributed by atoms with E-state index in [1.165, 1.54) is 0 Å². The lowest BCUT2D eigenvalue weighted by Gasteiger charge is -1.78. The van der Waals surface area contributed by atoms with Crippen molar-refractivity contribution in [2.45, 2.75) is 13.8 Å². The molecule has 0 amide bonds. The zero-order valence-corrected chi connectivity index (χ0v) is 6.01. The molecule has 0 bridgehead atoms. The Morgan fingerprint density at radius 3 is 1.43 bits per heavy atom. The van der Waals surface area contributed by atoms with Crippen LogP contribution < -0.4 is 0 Å². The lowest BCUT2D eigenvalue weighted by Crippen LogP contribution is -1.82. The summed E-state index contributed by atoms with van der Waals surface area (Å²) in [5.41, 5.74) is 0. The van der Waals surface area contributed by atoms with Crippen molar-refractivity contribution in [1.82, 2.24) is 0 Å². The molecule has 0 saturated heterocycles. The van der Waals surface area contributed by atoms with Crippen LogP contribution in [0.5, 0.6) is 0 Å². The van der Waals surface area contributed by atoms with E-state index in [0.717, 1.165) is 6.29 Å². The van der Waals surface area contributed by atoms with E-state index in [-0.39, 0.29) is 30.7 Å². The maximum Gasteiger partial charge on any atom is 0.122 e. The fourth-order valence-electron chi connectivity index (χ4n) is 0. The number of hydrogen-bond donors (Lipinski definition) is 0. The first kappa shape index (κ1) is 15.7. The molecule has 0 aromatic heterocycles. The largest absolute Gasteiger partial charge is 0.303 e. The van der Waals surface area contributed by atoms with E-state index >= 15 is 0 Å². The fourth-order valence-corrected chi connectivity index (χ4v) is 0. The predicted molar refractivity (Wildman–Crippen MR) is 35.4 cm³/mol. The van der Waals surface area contributed by atoms with E-state index in [9.17, 15) is 4.79 Å². The second-order valence-electron chi connectivity index (χ2n) is 1.38. The first-order valence-corrected chi connectivity index (χ1v) is 1.72. The van der Waals surface area contributed by atoms with Gasteiger partial charge in [0.2, 0.25) is 0 Å². The topological polar surface area (TPSA) is 17.1 Å². The fraction of sp³-hybridized carbons (Fsp3) is 0.750. The molecule has 0 aliphatic heterocycles. The highest BCUT2D eigenvalue weighted by Crippen LogP contribution is 1.78. The monoisotopic (exact) mass is 144 g/mol. The van der Waals surface area contributed by atoms with Crippen LogP contribution in [0.2, 0.25) is 0 Å². The van der Waals surface area contributed by atoms with E-state index in [4.69, 9.17) is 0 Å². The van der Waals surface area contributed by atoms with E-state index in [1.807, 2.05) is 13.8 Å². The molecule has 0 radical (unpaired) electrons. The van der Waals surface area contributed by atoms with Crippen LogP contribution in [-0.2, 0) is 4.79 Å². The molecule has 0 aromatic carbocycles. The van der Waals surface area contributed by atoms with Crippen molar-refractivity contribution >= 4 is 31.1 Å². The van der Waals surface area contributed by atoms with Gasteiger partial charge in [0.1, 0.15) is 6.29 Å². The second kappa shape index (κ2) is 9.54. The third-order valence-corrected chi connectivity index (χ3v) is 0.272. The summed E-state index contributed by atoms with van der Waals surface area (Å²) in [5.74, 6) is 0.204. The Balaban J connectivity index is -0.0000000800. The average molecular weight is 145 g/mol. The molecule has 0 atom stereocenters. The molecule has 0 aliphatic carbocycles. The van der Waals surface area contributed by atoms with E-state index in [1.54, 1.807) is 0 Å². The molecule has 0 heterocycles. The minimum absolute atomic E-state index is 0. The molecule has 0 fully saturated rings. The van der Waals surface area contributed by atoms with Crippen LogP contribution in [0.4, 0.5) is 0 Å². The zero-order valence-electron chi connectivity index (χ0n) is 4.38. The number of hydrogen-bond acceptors (Lipinski definition) is 1. The molecular weight excluding hydrogens is 135 g/mol. The third kappa shape index (κ3) is 22.3. The Bertz CT molecular complexity index is 36.7. The van der Waals surface area contributed by atoms with Gasteiger partial charge < -0.3 is 4.79 Å². The van der Waals surface area contributed by atoms with Crippen LogP contribution >= 0.6 is 24.8 Å². The van der Waals surface area contributed by atoms with Gasteiger partial charge in [-0.3, -0.25) is 0 Å². The molecule has 0 N–H and O–H groups in total. The predicted octanol–water partition coefficient (Wildman–Crippen LogP) is 1.68. The van der Waals surface area contributed by atoms with Crippen molar-refractivity contribution in [3.63, 3.8) is 0 Å². The molecule has 0 rings (SSSR count). The lowest BCUT2D eigenvalue weighted by molar-refractivity contribution is -0.110. The van der Waals surface area contributed by atoms with Crippen LogP contribution in [0.1, 0.15) is 13.8 Å². The van der Waals surface area contributed by atoms with Crippen LogP contribution in [0.25, 0.3) is 0 Å². The SMILES string of the molecule is CC(C)C=O.Cl.Cl. The van der Waals surface area contributed by atoms with Gasteiger partial charge in [-0.15, -0.1) is 24.8 Å². The van der Waals surface area contributed by atoms with E-state index in [0.29, 0.717) is 0 Å². The molecule has 0 saturated carbocycles. The molecule has 7 heavy (non-hydrogen) atoms. The van der Waals surface area contributed by atoms with Crippen LogP contribution in [0, 0.1) is 5.92 Å². The van der Waals surface area contributed by atoms with Crippen molar-refractivity contribution in [2.75, 3.05) is 0 Å². The highest BCUT2D eigenvalue weighted by Gasteiger charge is 1.79. The summed E-state index contributed by atoms with van der Waals surface area (Å²) in [7, 11) is 0. The average Bonchev–Trinajstić information content (AvgIpc) is 1.38. The summed E-state index contributed by atoms with van der Waals surface area (Å²) in [4.78, 5) is 9.50. The molecular formula is C4H10Cl2O. The zero-order chi connectivity index (χ0) is 4.28. The van der Waals surface area contributed by atoms with Gasteiger partial charge in [-0.2, -0.15) is 0 Å². The Morgan fingerprint density at radius 1 is 1.29 bits per heavy atom.